The highest BCUT2D eigenvalue weighted by Gasteiger charge is 2.12. The summed E-state index contributed by atoms with van der Waals surface area (Å²) in [5.74, 6) is -0.0976. The summed E-state index contributed by atoms with van der Waals surface area (Å²) in [5, 5.41) is 9.36. The molecule has 3 rings (SSSR count). The summed E-state index contributed by atoms with van der Waals surface area (Å²) in [4.78, 5) is 14.0. The maximum atomic E-state index is 11.4. The van der Waals surface area contributed by atoms with Crippen LogP contribution in [0, 0.1) is 0 Å². The SMILES string of the molecule is CCCCN1CCCCCOc2ccc(C(=O)O)cc2Cc2cccc(c2)C1. The Kier molecular flexibility index (Phi) is 7.49. The van der Waals surface area contributed by atoms with E-state index in [2.05, 4.69) is 36.1 Å². The van der Waals surface area contributed by atoms with Gasteiger partial charge in [-0.2, -0.15) is 0 Å². The highest BCUT2D eigenvalue weighted by Crippen LogP contribution is 2.25. The molecule has 0 saturated carbocycles. The molecule has 0 aliphatic carbocycles. The van der Waals surface area contributed by atoms with Crippen LogP contribution < -0.4 is 4.74 Å². The molecule has 1 aliphatic rings. The molecule has 2 aromatic rings. The summed E-state index contributed by atoms with van der Waals surface area (Å²) >= 11 is 0. The van der Waals surface area contributed by atoms with Gasteiger partial charge in [0.15, 0.2) is 0 Å². The Morgan fingerprint density at radius 1 is 1.11 bits per heavy atom. The van der Waals surface area contributed by atoms with Crippen LogP contribution in [-0.2, 0) is 13.0 Å². The molecule has 0 radical (unpaired) electrons. The lowest BCUT2D eigenvalue weighted by molar-refractivity contribution is 0.0696. The molecular weight excluding hydrogens is 350 g/mol. The summed E-state index contributed by atoms with van der Waals surface area (Å²) in [6.45, 7) is 6.16. The van der Waals surface area contributed by atoms with Gasteiger partial charge in [0.05, 0.1) is 12.2 Å². The van der Waals surface area contributed by atoms with Crippen LogP contribution in [0.3, 0.4) is 0 Å². The lowest BCUT2D eigenvalue weighted by Gasteiger charge is -2.23. The molecule has 0 spiro atoms. The number of ether oxygens (including phenoxy) is 1. The van der Waals surface area contributed by atoms with Crippen LogP contribution in [0.25, 0.3) is 0 Å². The van der Waals surface area contributed by atoms with Gasteiger partial charge in [0.25, 0.3) is 0 Å². The number of rotatable bonds is 4. The second kappa shape index (κ2) is 10.3. The van der Waals surface area contributed by atoms with Crippen molar-refractivity contribution in [1.29, 1.82) is 0 Å². The number of hydrogen-bond donors (Lipinski definition) is 1. The van der Waals surface area contributed by atoms with Gasteiger partial charge >= 0.3 is 5.97 Å². The van der Waals surface area contributed by atoms with Crippen LogP contribution in [0.2, 0.25) is 0 Å². The topological polar surface area (TPSA) is 49.8 Å². The molecule has 150 valence electrons. The average molecular weight is 382 g/mol. The normalized spacial score (nSPS) is 15.9. The van der Waals surface area contributed by atoms with E-state index in [-0.39, 0.29) is 0 Å². The molecule has 0 atom stereocenters. The Morgan fingerprint density at radius 3 is 2.79 bits per heavy atom. The zero-order valence-electron chi connectivity index (χ0n) is 16.8. The van der Waals surface area contributed by atoms with Crippen molar-refractivity contribution in [3.05, 3.63) is 64.7 Å². The number of carboxylic acid groups (broad SMARTS) is 1. The molecule has 4 heteroatoms. The third kappa shape index (κ3) is 5.83. The van der Waals surface area contributed by atoms with Gasteiger partial charge in [0, 0.05) is 13.0 Å². The van der Waals surface area contributed by atoms with E-state index in [1.165, 1.54) is 30.4 Å². The third-order valence-electron chi connectivity index (χ3n) is 5.30. The molecule has 0 saturated heterocycles. The van der Waals surface area contributed by atoms with Gasteiger partial charge in [0.1, 0.15) is 5.75 Å². The van der Waals surface area contributed by atoms with Crippen LogP contribution in [0.1, 0.15) is 66.1 Å². The molecular formula is C24H31NO3. The van der Waals surface area contributed by atoms with E-state index < -0.39 is 5.97 Å². The fourth-order valence-electron chi connectivity index (χ4n) is 3.76. The Labute approximate surface area is 168 Å². The third-order valence-corrected chi connectivity index (χ3v) is 5.30. The number of carbonyl (C=O) groups is 1. The number of carboxylic acids is 1. The van der Waals surface area contributed by atoms with Gasteiger partial charge in [-0.05, 0) is 73.7 Å². The Morgan fingerprint density at radius 2 is 1.96 bits per heavy atom. The number of nitrogens with zero attached hydrogens (tertiary/aromatic N) is 1. The molecule has 1 heterocycles. The molecule has 2 aromatic carbocycles. The lowest BCUT2D eigenvalue weighted by Crippen LogP contribution is -2.25. The second-order valence-corrected chi connectivity index (χ2v) is 7.66. The lowest BCUT2D eigenvalue weighted by atomic mass is 9.99. The molecule has 0 amide bonds. The quantitative estimate of drug-likeness (QED) is 0.797. The average Bonchev–Trinajstić information content (AvgIpc) is 2.69. The Hall–Kier alpha value is -2.33. The maximum Gasteiger partial charge on any atom is 0.335 e. The van der Waals surface area contributed by atoms with Crippen molar-refractivity contribution in [3.63, 3.8) is 0 Å². The number of aromatic carboxylic acids is 1. The van der Waals surface area contributed by atoms with Crippen molar-refractivity contribution >= 4 is 5.97 Å². The molecule has 2 bridgehead atoms. The van der Waals surface area contributed by atoms with Crippen molar-refractivity contribution < 1.29 is 14.6 Å². The van der Waals surface area contributed by atoms with Crippen molar-refractivity contribution in [2.24, 2.45) is 0 Å². The zero-order valence-corrected chi connectivity index (χ0v) is 16.8. The van der Waals surface area contributed by atoms with E-state index in [0.29, 0.717) is 18.6 Å². The number of benzene rings is 2. The first-order valence-electron chi connectivity index (χ1n) is 10.4. The minimum atomic E-state index is -0.900. The fraction of sp³-hybridized carbons (Fsp3) is 0.458. The Bertz CT molecular complexity index is 787. The predicted octanol–water partition coefficient (Wildman–Crippen LogP) is 5.14. The number of hydrogen-bond acceptors (Lipinski definition) is 3. The van der Waals surface area contributed by atoms with Crippen LogP contribution in [0.4, 0.5) is 0 Å². The van der Waals surface area contributed by atoms with E-state index in [4.69, 9.17) is 4.74 Å². The molecule has 1 N–H and O–H groups in total. The largest absolute Gasteiger partial charge is 0.493 e. The number of fused-ring (bicyclic) bond motifs is 3. The van der Waals surface area contributed by atoms with Gasteiger partial charge in [-0.3, -0.25) is 4.90 Å². The van der Waals surface area contributed by atoms with E-state index in [1.807, 2.05) is 0 Å². The van der Waals surface area contributed by atoms with Crippen molar-refractivity contribution in [2.75, 3.05) is 19.7 Å². The van der Waals surface area contributed by atoms with Crippen molar-refractivity contribution in [2.45, 2.75) is 52.0 Å². The minimum absolute atomic E-state index is 0.311. The molecule has 4 nitrogen and oxygen atoms in total. The van der Waals surface area contributed by atoms with E-state index in [1.54, 1.807) is 18.2 Å². The first kappa shape index (κ1) is 20.4. The van der Waals surface area contributed by atoms with Crippen LogP contribution in [0.15, 0.2) is 42.5 Å². The summed E-state index contributed by atoms with van der Waals surface area (Å²) < 4.78 is 6.02. The molecule has 0 unspecified atom stereocenters. The monoisotopic (exact) mass is 381 g/mol. The zero-order chi connectivity index (χ0) is 19.8. The van der Waals surface area contributed by atoms with Gasteiger partial charge in [0.2, 0.25) is 0 Å². The van der Waals surface area contributed by atoms with E-state index in [9.17, 15) is 9.90 Å². The summed E-state index contributed by atoms with van der Waals surface area (Å²) in [7, 11) is 0. The standard InChI is InChI=1S/C24H31NO3/c1-2-3-12-25-13-5-4-6-14-28-23-11-10-21(24(26)27)17-22(23)16-19-8-7-9-20(15-19)18-25/h7-11,15,17H,2-6,12-14,16,18H2,1H3,(H,26,27). The molecule has 0 fully saturated rings. The van der Waals surface area contributed by atoms with Crippen molar-refractivity contribution in [1.82, 2.24) is 4.90 Å². The fourth-order valence-corrected chi connectivity index (χ4v) is 3.76. The molecule has 0 aromatic heterocycles. The summed E-state index contributed by atoms with van der Waals surface area (Å²) in [6, 6.07) is 13.9. The first-order chi connectivity index (χ1) is 13.7. The summed E-state index contributed by atoms with van der Waals surface area (Å²) in [6.07, 6.45) is 6.47. The van der Waals surface area contributed by atoms with Gasteiger partial charge in [-0.25, -0.2) is 4.79 Å². The summed E-state index contributed by atoms with van der Waals surface area (Å²) in [5.41, 5.74) is 3.77. The second-order valence-electron chi connectivity index (χ2n) is 7.66. The number of unbranched alkanes of at least 4 members (excludes halogenated alkanes) is 1. The van der Waals surface area contributed by atoms with Crippen LogP contribution in [0.5, 0.6) is 5.75 Å². The highest BCUT2D eigenvalue weighted by molar-refractivity contribution is 5.88. The van der Waals surface area contributed by atoms with Gasteiger partial charge in [-0.1, -0.05) is 37.6 Å². The predicted molar refractivity (Wildman–Crippen MR) is 112 cm³/mol. The first-order valence-corrected chi connectivity index (χ1v) is 10.4. The van der Waals surface area contributed by atoms with Gasteiger partial charge in [-0.15, -0.1) is 0 Å². The van der Waals surface area contributed by atoms with Crippen molar-refractivity contribution in [3.8, 4) is 5.75 Å². The highest BCUT2D eigenvalue weighted by atomic mass is 16.5. The van der Waals surface area contributed by atoms with Crippen LogP contribution >= 0.6 is 0 Å². The minimum Gasteiger partial charge on any atom is -0.493 e. The van der Waals surface area contributed by atoms with E-state index >= 15 is 0 Å². The van der Waals surface area contributed by atoms with Gasteiger partial charge < -0.3 is 9.84 Å². The smallest absolute Gasteiger partial charge is 0.335 e. The Balaban J connectivity index is 1.87. The molecule has 28 heavy (non-hydrogen) atoms. The van der Waals surface area contributed by atoms with Crippen LogP contribution in [-0.4, -0.2) is 35.7 Å². The molecule has 1 aliphatic heterocycles. The maximum absolute atomic E-state index is 11.4. The van der Waals surface area contributed by atoms with E-state index in [0.717, 1.165) is 43.8 Å².